The monoisotopic (exact) mass is 127 g/mol. The predicted molar refractivity (Wildman–Crippen MR) is 38.7 cm³/mol. The predicted octanol–water partition coefficient (Wildman–Crippen LogP) is 0.161. The van der Waals surface area contributed by atoms with Gasteiger partial charge in [-0.2, -0.15) is 0 Å². The van der Waals surface area contributed by atoms with Crippen LogP contribution in [0.2, 0.25) is 0 Å². The lowest BCUT2D eigenvalue weighted by atomic mass is 10.3. The molecular weight excluding hydrogens is 114 g/mol. The van der Waals surface area contributed by atoms with Crippen LogP contribution in [-0.2, 0) is 0 Å². The molecule has 0 spiro atoms. The van der Waals surface area contributed by atoms with Gasteiger partial charge in [0.15, 0.2) is 0 Å². The van der Waals surface area contributed by atoms with E-state index in [2.05, 4.69) is 12.2 Å². The third kappa shape index (κ3) is 5.53. The van der Waals surface area contributed by atoms with E-state index >= 15 is 0 Å². The van der Waals surface area contributed by atoms with Crippen molar-refractivity contribution in [1.29, 1.82) is 0 Å². The Balaban J connectivity index is 3.20. The van der Waals surface area contributed by atoms with Crippen molar-refractivity contribution in [1.82, 2.24) is 5.32 Å². The maximum atomic E-state index is 8.30. The third-order valence-electron chi connectivity index (χ3n) is 0.956. The summed E-state index contributed by atoms with van der Waals surface area (Å²) in [5.74, 6) is 0. The van der Waals surface area contributed by atoms with Gasteiger partial charge in [-0.25, -0.2) is 0 Å². The van der Waals surface area contributed by atoms with E-state index in [4.69, 9.17) is 5.11 Å². The zero-order chi connectivity index (χ0) is 7.11. The molecule has 0 bridgehead atoms. The molecule has 0 aliphatic rings. The van der Waals surface area contributed by atoms with Crippen LogP contribution in [0.5, 0.6) is 0 Å². The number of rotatable bonds is 4. The topological polar surface area (TPSA) is 32.3 Å². The molecule has 0 heterocycles. The zero-order valence-electron chi connectivity index (χ0n) is 5.67. The van der Waals surface area contributed by atoms with E-state index < -0.39 is 0 Å². The second-order valence-corrected chi connectivity index (χ2v) is 1.70. The number of aliphatic hydroxyl groups excluding tert-OH is 1. The Hall–Kier alpha value is -0.340. The Labute approximate surface area is 56.6 Å². The van der Waals surface area contributed by atoms with Crippen molar-refractivity contribution >= 4 is 0 Å². The highest BCUT2D eigenvalue weighted by molar-refractivity contribution is 5.01. The molecule has 1 unspecified atom stereocenters. The van der Waals surface area contributed by atoms with Crippen molar-refractivity contribution in [3.8, 4) is 0 Å². The van der Waals surface area contributed by atoms with Crippen LogP contribution in [0.15, 0.2) is 12.2 Å². The van der Waals surface area contributed by atoms with Crippen LogP contribution in [0, 0.1) is 13.3 Å². The van der Waals surface area contributed by atoms with Gasteiger partial charge in [0.05, 0.1) is 0 Å². The van der Waals surface area contributed by atoms with Crippen molar-refractivity contribution in [2.45, 2.75) is 6.04 Å². The van der Waals surface area contributed by atoms with E-state index in [9.17, 15) is 0 Å². The fourth-order valence-electron chi connectivity index (χ4n) is 0.370. The fraction of sp³-hybridized carbons (Fsp3) is 0.429. The summed E-state index contributed by atoms with van der Waals surface area (Å²) in [6.07, 6.45) is 5.32. The first-order valence-corrected chi connectivity index (χ1v) is 2.92. The SMILES string of the molecule is [CH2]C(C=C[CH]CO)NC. The van der Waals surface area contributed by atoms with Crippen LogP contribution in [0.1, 0.15) is 0 Å². The van der Waals surface area contributed by atoms with Crippen molar-refractivity contribution in [3.63, 3.8) is 0 Å². The van der Waals surface area contributed by atoms with Crippen molar-refractivity contribution in [2.24, 2.45) is 0 Å². The number of likely N-dealkylation sites (N-methyl/N-ethyl adjacent to an activating group) is 1. The summed E-state index contributed by atoms with van der Waals surface area (Å²) in [7, 11) is 1.83. The summed E-state index contributed by atoms with van der Waals surface area (Å²) in [4.78, 5) is 0. The lowest BCUT2D eigenvalue weighted by molar-refractivity contribution is 0.332. The van der Waals surface area contributed by atoms with Crippen LogP contribution in [0.25, 0.3) is 0 Å². The minimum atomic E-state index is 0.0902. The van der Waals surface area contributed by atoms with E-state index in [1.807, 2.05) is 13.1 Å². The molecule has 1 atom stereocenters. The van der Waals surface area contributed by atoms with Crippen molar-refractivity contribution in [2.75, 3.05) is 13.7 Å². The largest absolute Gasteiger partial charge is 0.396 e. The molecule has 0 saturated heterocycles. The number of hydrogen-bond donors (Lipinski definition) is 2. The van der Waals surface area contributed by atoms with Gasteiger partial charge in [0, 0.05) is 19.1 Å². The molecular formula is C7H13NO. The van der Waals surface area contributed by atoms with Gasteiger partial charge in [-0.1, -0.05) is 12.2 Å². The Kier molecular flexibility index (Phi) is 5.57. The van der Waals surface area contributed by atoms with E-state index in [1.54, 1.807) is 12.5 Å². The van der Waals surface area contributed by atoms with Gasteiger partial charge in [-0.3, -0.25) is 0 Å². The second-order valence-electron chi connectivity index (χ2n) is 1.70. The molecule has 52 valence electrons. The van der Waals surface area contributed by atoms with Gasteiger partial charge < -0.3 is 10.4 Å². The highest BCUT2D eigenvalue weighted by atomic mass is 16.2. The van der Waals surface area contributed by atoms with E-state index in [1.165, 1.54) is 0 Å². The van der Waals surface area contributed by atoms with Gasteiger partial charge in [-0.15, -0.1) is 0 Å². The van der Waals surface area contributed by atoms with Gasteiger partial charge >= 0.3 is 0 Å². The maximum Gasteiger partial charge on any atom is 0.0500 e. The molecule has 2 radical (unpaired) electrons. The lowest BCUT2D eigenvalue weighted by Crippen LogP contribution is -2.18. The van der Waals surface area contributed by atoms with E-state index in [0.717, 1.165) is 0 Å². The molecule has 2 N–H and O–H groups in total. The molecule has 2 heteroatoms. The first kappa shape index (κ1) is 8.66. The molecule has 0 aromatic rings. The van der Waals surface area contributed by atoms with Crippen LogP contribution < -0.4 is 5.32 Å². The van der Waals surface area contributed by atoms with E-state index in [0.29, 0.717) is 0 Å². The van der Waals surface area contributed by atoms with Gasteiger partial charge in [0.25, 0.3) is 0 Å². The minimum absolute atomic E-state index is 0.0902. The summed E-state index contributed by atoms with van der Waals surface area (Å²) in [5, 5.41) is 11.2. The second kappa shape index (κ2) is 5.79. The first-order valence-electron chi connectivity index (χ1n) is 2.92. The molecule has 0 aromatic carbocycles. The highest BCUT2D eigenvalue weighted by Crippen LogP contribution is 1.83. The molecule has 0 aromatic heterocycles. The minimum Gasteiger partial charge on any atom is -0.396 e. The Morgan fingerprint density at radius 2 is 2.44 bits per heavy atom. The Morgan fingerprint density at radius 1 is 1.78 bits per heavy atom. The molecule has 0 amide bonds. The molecule has 0 fully saturated rings. The third-order valence-corrected chi connectivity index (χ3v) is 0.956. The number of aliphatic hydroxyl groups is 1. The Bertz CT molecular complexity index is 81.0. The maximum absolute atomic E-state index is 8.30. The molecule has 0 aliphatic heterocycles. The van der Waals surface area contributed by atoms with Gasteiger partial charge in [0.2, 0.25) is 0 Å². The van der Waals surface area contributed by atoms with Crippen LogP contribution in [0.4, 0.5) is 0 Å². The van der Waals surface area contributed by atoms with Crippen molar-refractivity contribution < 1.29 is 5.11 Å². The molecule has 0 saturated carbocycles. The molecule has 0 rings (SSSR count). The van der Waals surface area contributed by atoms with Gasteiger partial charge in [-0.05, 0) is 14.0 Å². The van der Waals surface area contributed by atoms with Crippen molar-refractivity contribution in [3.05, 3.63) is 25.5 Å². The number of hydrogen-bond acceptors (Lipinski definition) is 2. The summed E-state index contributed by atoms with van der Waals surface area (Å²) in [5.41, 5.74) is 0. The highest BCUT2D eigenvalue weighted by Gasteiger charge is 1.86. The average molecular weight is 127 g/mol. The van der Waals surface area contributed by atoms with Crippen LogP contribution in [-0.4, -0.2) is 24.8 Å². The standard InChI is InChI=1S/C7H13NO/c1-7(8-2)5-3-4-6-9/h3-5,7-9H,1,6H2,2H3. The number of nitrogens with one attached hydrogen (secondary N) is 1. The molecule has 2 nitrogen and oxygen atoms in total. The van der Waals surface area contributed by atoms with Gasteiger partial charge in [0.1, 0.15) is 0 Å². The fourth-order valence-corrected chi connectivity index (χ4v) is 0.370. The summed E-state index contributed by atoms with van der Waals surface area (Å²) >= 11 is 0. The Morgan fingerprint density at radius 3 is 2.89 bits per heavy atom. The smallest absolute Gasteiger partial charge is 0.0500 e. The zero-order valence-corrected chi connectivity index (χ0v) is 5.67. The lowest BCUT2D eigenvalue weighted by Gasteiger charge is -2.00. The molecule has 0 aliphatic carbocycles. The average Bonchev–Trinajstić information content (AvgIpc) is 1.89. The van der Waals surface area contributed by atoms with Crippen LogP contribution in [0.3, 0.4) is 0 Å². The first-order chi connectivity index (χ1) is 4.31. The quantitative estimate of drug-likeness (QED) is 0.564. The molecule has 9 heavy (non-hydrogen) atoms. The van der Waals surface area contributed by atoms with E-state index in [-0.39, 0.29) is 12.6 Å². The summed E-state index contributed by atoms with van der Waals surface area (Å²) < 4.78 is 0. The van der Waals surface area contributed by atoms with Crippen LogP contribution >= 0.6 is 0 Å². The summed E-state index contributed by atoms with van der Waals surface area (Å²) in [6.45, 7) is 3.82. The summed E-state index contributed by atoms with van der Waals surface area (Å²) in [6, 6.07) is 0.132. The normalized spacial score (nSPS) is 14.6.